The zero-order valence-corrected chi connectivity index (χ0v) is 12.2. The number of carbonyl (C=O) groups is 2. The molecule has 2 unspecified atom stereocenters. The topological polar surface area (TPSA) is 104 Å². The van der Waals surface area contributed by atoms with Crippen molar-refractivity contribution >= 4 is 17.6 Å². The molecule has 21 heavy (non-hydrogen) atoms. The quantitative estimate of drug-likeness (QED) is 0.512. The first kappa shape index (κ1) is 17.0. The summed E-state index contributed by atoms with van der Waals surface area (Å²) in [6.45, 7) is 2.22. The van der Waals surface area contributed by atoms with Crippen molar-refractivity contribution in [3.05, 3.63) is 30.3 Å². The highest BCUT2D eigenvalue weighted by molar-refractivity contribution is 5.88. The van der Waals surface area contributed by atoms with Gasteiger partial charge in [0.1, 0.15) is 12.1 Å². The number of hydrogen-bond donors (Lipinski definition) is 4. The Kier molecular flexibility index (Phi) is 7.25. The van der Waals surface area contributed by atoms with E-state index in [1.807, 2.05) is 30.3 Å². The molecule has 0 saturated heterocycles. The lowest BCUT2D eigenvalue weighted by Crippen LogP contribution is -2.46. The Hall–Kier alpha value is -2.08. The maximum Gasteiger partial charge on any atom is 0.326 e. The summed E-state index contributed by atoms with van der Waals surface area (Å²) < 4.78 is 0. The Bertz CT molecular complexity index is 451. The van der Waals surface area contributed by atoms with E-state index in [4.69, 9.17) is 10.8 Å². The van der Waals surface area contributed by atoms with E-state index in [0.717, 1.165) is 12.1 Å². The van der Waals surface area contributed by atoms with Crippen LogP contribution in [0.1, 0.15) is 26.2 Å². The van der Waals surface area contributed by atoms with Crippen LogP contribution >= 0.6 is 0 Å². The van der Waals surface area contributed by atoms with Gasteiger partial charge in [-0.25, -0.2) is 4.79 Å². The molecular formula is C15H23N3O3. The Morgan fingerprint density at radius 1 is 1.24 bits per heavy atom. The van der Waals surface area contributed by atoms with Crippen LogP contribution in [0.4, 0.5) is 5.69 Å². The molecule has 1 aromatic rings. The summed E-state index contributed by atoms with van der Waals surface area (Å²) in [6.07, 6.45) is 1.81. The maximum atomic E-state index is 12.0. The third-order valence-electron chi connectivity index (χ3n) is 3.11. The maximum absolute atomic E-state index is 12.0. The number of benzene rings is 1. The van der Waals surface area contributed by atoms with E-state index in [9.17, 15) is 9.59 Å². The molecule has 0 aliphatic heterocycles. The summed E-state index contributed by atoms with van der Waals surface area (Å²) in [6, 6.07) is 7.92. The van der Waals surface area contributed by atoms with Crippen molar-refractivity contribution in [3.63, 3.8) is 0 Å². The second-order valence-electron chi connectivity index (χ2n) is 4.92. The zero-order valence-electron chi connectivity index (χ0n) is 12.2. The highest BCUT2D eigenvalue weighted by atomic mass is 16.4. The van der Waals surface area contributed by atoms with Gasteiger partial charge in [0.25, 0.3) is 0 Å². The number of carboxylic acids is 1. The van der Waals surface area contributed by atoms with Gasteiger partial charge in [-0.3, -0.25) is 4.79 Å². The molecule has 0 heterocycles. The molecule has 1 amide bonds. The SMILES string of the molecule is CC(Nc1ccccc1)C(=O)NC(CCCCN)C(=O)O. The number of amides is 1. The van der Waals surface area contributed by atoms with E-state index < -0.39 is 18.1 Å². The molecule has 116 valence electrons. The molecule has 6 heteroatoms. The molecule has 0 aromatic heterocycles. The van der Waals surface area contributed by atoms with Crippen molar-refractivity contribution in [2.45, 2.75) is 38.3 Å². The van der Waals surface area contributed by atoms with Gasteiger partial charge in [-0.2, -0.15) is 0 Å². The van der Waals surface area contributed by atoms with E-state index in [1.165, 1.54) is 0 Å². The minimum atomic E-state index is -1.02. The lowest BCUT2D eigenvalue weighted by Gasteiger charge is -2.19. The van der Waals surface area contributed by atoms with Crippen LogP contribution < -0.4 is 16.4 Å². The van der Waals surface area contributed by atoms with Crippen LogP contribution in [0, 0.1) is 0 Å². The molecule has 2 atom stereocenters. The summed E-state index contributed by atoms with van der Waals surface area (Å²) in [4.78, 5) is 23.2. The number of para-hydroxylation sites is 1. The smallest absolute Gasteiger partial charge is 0.326 e. The van der Waals surface area contributed by atoms with Crippen LogP contribution in [0.25, 0.3) is 0 Å². The summed E-state index contributed by atoms with van der Waals surface area (Å²) in [5.74, 6) is -1.36. The van der Waals surface area contributed by atoms with Gasteiger partial charge in [0.15, 0.2) is 0 Å². The third kappa shape index (κ3) is 6.27. The number of carbonyl (C=O) groups excluding carboxylic acids is 1. The summed E-state index contributed by atoms with van der Waals surface area (Å²) in [7, 11) is 0. The van der Waals surface area contributed by atoms with E-state index in [-0.39, 0.29) is 5.91 Å². The Morgan fingerprint density at radius 2 is 1.90 bits per heavy atom. The third-order valence-corrected chi connectivity index (χ3v) is 3.11. The highest BCUT2D eigenvalue weighted by Gasteiger charge is 2.22. The second-order valence-corrected chi connectivity index (χ2v) is 4.92. The predicted molar refractivity (Wildman–Crippen MR) is 82.0 cm³/mol. The minimum absolute atomic E-state index is 0.334. The van der Waals surface area contributed by atoms with Crippen LogP contribution in [-0.2, 0) is 9.59 Å². The molecule has 1 rings (SSSR count). The highest BCUT2D eigenvalue weighted by Crippen LogP contribution is 2.08. The molecule has 0 radical (unpaired) electrons. The fraction of sp³-hybridized carbons (Fsp3) is 0.467. The second kappa shape index (κ2) is 8.97. The molecule has 0 bridgehead atoms. The minimum Gasteiger partial charge on any atom is -0.480 e. The summed E-state index contributed by atoms with van der Waals surface area (Å²) in [5.41, 5.74) is 6.20. The number of nitrogens with two attached hydrogens (primary N) is 1. The molecular weight excluding hydrogens is 270 g/mol. The van der Waals surface area contributed by atoms with Gasteiger partial charge in [0.05, 0.1) is 0 Å². The van der Waals surface area contributed by atoms with Gasteiger partial charge < -0.3 is 21.5 Å². The number of carboxylic acid groups (broad SMARTS) is 1. The molecule has 5 N–H and O–H groups in total. The predicted octanol–water partition coefficient (Wildman–Crippen LogP) is 1.19. The summed E-state index contributed by atoms with van der Waals surface area (Å²) >= 11 is 0. The number of nitrogens with one attached hydrogen (secondary N) is 2. The first-order chi connectivity index (χ1) is 10.0. The monoisotopic (exact) mass is 293 g/mol. The van der Waals surface area contributed by atoms with Crippen LogP contribution in [0.2, 0.25) is 0 Å². The van der Waals surface area contributed by atoms with E-state index in [1.54, 1.807) is 6.92 Å². The van der Waals surface area contributed by atoms with Gasteiger partial charge in [-0.1, -0.05) is 18.2 Å². The lowest BCUT2D eigenvalue weighted by atomic mass is 10.1. The first-order valence-corrected chi connectivity index (χ1v) is 7.09. The normalized spacial score (nSPS) is 13.2. The molecule has 6 nitrogen and oxygen atoms in total. The molecule has 0 spiro atoms. The van der Waals surface area contributed by atoms with Crippen LogP contribution in [0.15, 0.2) is 30.3 Å². The molecule has 0 aliphatic carbocycles. The van der Waals surface area contributed by atoms with E-state index in [0.29, 0.717) is 19.4 Å². The van der Waals surface area contributed by atoms with E-state index >= 15 is 0 Å². The van der Waals surface area contributed by atoms with E-state index in [2.05, 4.69) is 10.6 Å². The zero-order chi connectivity index (χ0) is 15.7. The van der Waals surface area contributed by atoms with Gasteiger partial charge in [-0.05, 0) is 44.9 Å². The molecule has 0 aliphatic rings. The Balaban J connectivity index is 2.50. The number of hydrogen-bond acceptors (Lipinski definition) is 4. The number of aliphatic carboxylic acids is 1. The van der Waals surface area contributed by atoms with Crippen molar-refractivity contribution in [2.75, 3.05) is 11.9 Å². The van der Waals surface area contributed by atoms with Crippen LogP contribution in [0.3, 0.4) is 0 Å². The number of rotatable bonds is 9. The van der Waals surface area contributed by atoms with Gasteiger partial charge in [-0.15, -0.1) is 0 Å². The first-order valence-electron chi connectivity index (χ1n) is 7.09. The number of unbranched alkanes of at least 4 members (excludes halogenated alkanes) is 1. The van der Waals surface area contributed by atoms with Gasteiger partial charge in [0.2, 0.25) is 5.91 Å². The number of anilines is 1. The lowest BCUT2D eigenvalue weighted by molar-refractivity contribution is -0.142. The largest absolute Gasteiger partial charge is 0.480 e. The molecule has 0 saturated carbocycles. The van der Waals surface area contributed by atoms with Gasteiger partial charge >= 0.3 is 5.97 Å². The summed E-state index contributed by atoms with van der Waals surface area (Å²) in [5, 5.41) is 14.7. The fourth-order valence-corrected chi connectivity index (χ4v) is 1.90. The van der Waals surface area contributed by atoms with Crippen molar-refractivity contribution in [3.8, 4) is 0 Å². The van der Waals surface area contributed by atoms with Crippen molar-refractivity contribution < 1.29 is 14.7 Å². The average molecular weight is 293 g/mol. The molecule has 0 fully saturated rings. The molecule has 1 aromatic carbocycles. The van der Waals surface area contributed by atoms with Crippen molar-refractivity contribution in [1.82, 2.24) is 5.32 Å². The standard InChI is InChI=1S/C15H23N3O3/c1-11(17-12-7-3-2-4-8-12)14(19)18-13(15(20)21)9-5-6-10-16/h2-4,7-8,11,13,17H,5-6,9-10,16H2,1H3,(H,18,19)(H,20,21). The average Bonchev–Trinajstić information content (AvgIpc) is 2.47. The fourth-order valence-electron chi connectivity index (χ4n) is 1.90. The van der Waals surface area contributed by atoms with Crippen LogP contribution in [-0.4, -0.2) is 35.6 Å². The Morgan fingerprint density at radius 3 is 2.48 bits per heavy atom. The van der Waals surface area contributed by atoms with Gasteiger partial charge in [0, 0.05) is 5.69 Å². The van der Waals surface area contributed by atoms with Crippen LogP contribution in [0.5, 0.6) is 0 Å². The van der Waals surface area contributed by atoms with Crippen molar-refractivity contribution in [1.29, 1.82) is 0 Å². The Labute approximate surface area is 124 Å². The van der Waals surface area contributed by atoms with Crippen molar-refractivity contribution in [2.24, 2.45) is 5.73 Å².